The SMILES string of the molecule is CC1=C(C)CN(S(=O)(=O)c2ccccc2)C1. The van der Waals surface area contributed by atoms with Gasteiger partial charge in [-0.05, 0) is 26.0 Å². The molecule has 0 saturated carbocycles. The van der Waals surface area contributed by atoms with Crippen molar-refractivity contribution in [3.63, 3.8) is 0 Å². The summed E-state index contributed by atoms with van der Waals surface area (Å²) >= 11 is 0. The summed E-state index contributed by atoms with van der Waals surface area (Å²) in [4.78, 5) is 0.373. The lowest BCUT2D eigenvalue weighted by molar-refractivity contribution is 0.481. The number of nitrogens with zero attached hydrogens (tertiary/aromatic N) is 1. The fourth-order valence-electron chi connectivity index (χ4n) is 1.77. The monoisotopic (exact) mass is 237 g/mol. The predicted octanol–water partition coefficient (Wildman–Crippen LogP) is 2.03. The van der Waals surface area contributed by atoms with Gasteiger partial charge in [-0.2, -0.15) is 4.31 Å². The number of hydrogen-bond acceptors (Lipinski definition) is 2. The van der Waals surface area contributed by atoms with E-state index in [2.05, 4.69) is 0 Å². The van der Waals surface area contributed by atoms with Crippen LogP contribution < -0.4 is 0 Å². The maximum absolute atomic E-state index is 12.2. The van der Waals surface area contributed by atoms with Crippen LogP contribution in [0.4, 0.5) is 0 Å². The van der Waals surface area contributed by atoms with Crippen molar-refractivity contribution in [2.24, 2.45) is 0 Å². The van der Waals surface area contributed by atoms with Crippen LogP contribution in [0.15, 0.2) is 46.4 Å². The van der Waals surface area contributed by atoms with Gasteiger partial charge in [-0.3, -0.25) is 0 Å². The molecule has 2 rings (SSSR count). The first-order chi connectivity index (χ1) is 7.51. The van der Waals surface area contributed by atoms with Crippen molar-refractivity contribution in [1.29, 1.82) is 0 Å². The van der Waals surface area contributed by atoms with Gasteiger partial charge in [-0.25, -0.2) is 8.42 Å². The van der Waals surface area contributed by atoms with Gasteiger partial charge < -0.3 is 0 Å². The molecule has 0 N–H and O–H groups in total. The molecule has 0 aliphatic carbocycles. The third-order valence-electron chi connectivity index (χ3n) is 2.94. The van der Waals surface area contributed by atoms with E-state index in [0.717, 1.165) is 11.1 Å². The summed E-state index contributed by atoms with van der Waals surface area (Å²) < 4.78 is 26.0. The van der Waals surface area contributed by atoms with Crippen molar-refractivity contribution in [2.45, 2.75) is 18.7 Å². The van der Waals surface area contributed by atoms with E-state index in [9.17, 15) is 8.42 Å². The van der Waals surface area contributed by atoms with Gasteiger partial charge in [0.1, 0.15) is 0 Å². The molecule has 0 spiro atoms. The van der Waals surface area contributed by atoms with Crippen LogP contribution in [0, 0.1) is 0 Å². The summed E-state index contributed by atoms with van der Waals surface area (Å²) in [6.45, 7) is 5.00. The average molecular weight is 237 g/mol. The molecular formula is C12H15NO2S. The third kappa shape index (κ3) is 1.90. The molecule has 1 aromatic carbocycles. The van der Waals surface area contributed by atoms with Crippen molar-refractivity contribution < 1.29 is 8.42 Å². The lowest BCUT2D eigenvalue weighted by Crippen LogP contribution is -2.29. The minimum absolute atomic E-state index is 0.373. The van der Waals surface area contributed by atoms with E-state index in [-0.39, 0.29) is 0 Å². The Morgan fingerprint density at radius 1 is 1.00 bits per heavy atom. The van der Waals surface area contributed by atoms with Crippen LogP contribution in [0.3, 0.4) is 0 Å². The first-order valence-electron chi connectivity index (χ1n) is 5.22. The minimum Gasteiger partial charge on any atom is -0.207 e. The van der Waals surface area contributed by atoms with E-state index in [4.69, 9.17) is 0 Å². The molecule has 0 aromatic heterocycles. The van der Waals surface area contributed by atoms with Crippen molar-refractivity contribution in [1.82, 2.24) is 4.31 Å². The Balaban J connectivity index is 2.30. The van der Waals surface area contributed by atoms with Crippen molar-refractivity contribution in [3.05, 3.63) is 41.5 Å². The Hall–Kier alpha value is -1.13. The molecular weight excluding hydrogens is 222 g/mol. The number of hydrogen-bond donors (Lipinski definition) is 0. The Morgan fingerprint density at radius 2 is 1.50 bits per heavy atom. The Morgan fingerprint density at radius 3 is 2.00 bits per heavy atom. The molecule has 3 nitrogen and oxygen atoms in total. The summed E-state index contributed by atoms with van der Waals surface area (Å²) in [6, 6.07) is 8.58. The molecule has 86 valence electrons. The third-order valence-corrected chi connectivity index (χ3v) is 4.74. The second kappa shape index (κ2) is 4.03. The maximum atomic E-state index is 12.2. The summed E-state index contributed by atoms with van der Waals surface area (Å²) in [5.41, 5.74) is 2.30. The standard InChI is InChI=1S/C12H15NO2S/c1-10-8-13(9-11(10)2)16(14,15)12-6-4-3-5-7-12/h3-7H,8-9H2,1-2H3. The van der Waals surface area contributed by atoms with E-state index in [1.165, 1.54) is 4.31 Å². The fraction of sp³-hybridized carbons (Fsp3) is 0.333. The van der Waals surface area contributed by atoms with Gasteiger partial charge in [0, 0.05) is 13.1 Å². The maximum Gasteiger partial charge on any atom is 0.243 e. The van der Waals surface area contributed by atoms with E-state index >= 15 is 0 Å². The van der Waals surface area contributed by atoms with Crippen LogP contribution >= 0.6 is 0 Å². The minimum atomic E-state index is -3.31. The van der Waals surface area contributed by atoms with Crippen molar-refractivity contribution >= 4 is 10.0 Å². The van der Waals surface area contributed by atoms with Crippen LogP contribution in [0.2, 0.25) is 0 Å². The van der Waals surface area contributed by atoms with Crippen molar-refractivity contribution in [2.75, 3.05) is 13.1 Å². The largest absolute Gasteiger partial charge is 0.243 e. The lowest BCUT2D eigenvalue weighted by Gasteiger charge is -2.16. The van der Waals surface area contributed by atoms with Crippen LogP contribution in [0.25, 0.3) is 0 Å². The summed E-state index contributed by atoms with van der Waals surface area (Å²) in [6.07, 6.45) is 0. The quantitative estimate of drug-likeness (QED) is 0.738. The molecule has 4 heteroatoms. The van der Waals surface area contributed by atoms with Crippen LogP contribution in [0.5, 0.6) is 0 Å². The first kappa shape index (κ1) is 11.4. The van der Waals surface area contributed by atoms with Crippen LogP contribution in [-0.2, 0) is 10.0 Å². The highest BCUT2D eigenvalue weighted by atomic mass is 32.2. The van der Waals surface area contributed by atoms with Gasteiger partial charge in [-0.15, -0.1) is 0 Å². The zero-order valence-electron chi connectivity index (χ0n) is 9.47. The van der Waals surface area contributed by atoms with Gasteiger partial charge in [0.25, 0.3) is 0 Å². The van der Waals surface area contributed by atoms with E-state index < -0.39 is 10.0 Å². The highest BCUT2D eigenvalue weighted by Gasteiger charge is 2.28. The smallest absolute Gasteiger partial charge is 0.207 e. The lowest BCUT2D eigenvalue weighted by atomic mass is 10.2. The van der Waals surface area contributed by atoms with Gasteiger partial charge in [0.15, 0.2) is 0 Å². The molecule has 0 bridgehead atoms. The molecule has 1 aromatic rings. The zero-order valence-corrected chi connectivity index (χ0v) is 10.3. The van der Waals surface area contributed by atoms with E-state index in [1.54, 1.807) is 24.3 Å². The topological polar surface area (TPSA) is 37.4 Å². The van der Waals surface area contributed by atoms with Gasteiger partial charge in [-0.1, -0.05) is 29.3 Å². The van der Waals surface area contributed by atoms with Gasteiger partial charge >= 0.3 is 0 Å². The molecule has 0 unspecified atom stereocenters. The fourth-order valence-corrected chi connectivity index (χ4v) is 3.29. The predicted molar refractivity (Wildman–Crippen MR) is 63.6 cm³/mol. The number of benzene rings is 1. The number of rotatable bonds is 2. The summed E-state index contributed by atoms with van der Waals surface area (Å²) in [5, 5.41) is 0. The average Bonchev–Trinajstić information content (AvgIpc) is 2.61. The first-order valence-corrected chi connectivity index (χ1v) is 6.66. The molecule has 1 aliphatic heterocycles. The van der Waals surface area contributed by atoms with Crippen LogP contribution in [-0.4, -0.2) is 25.8 Å². The molecule has 1 heterocycles. The van der Waals surface area contributed by atoms with Crippen molar-refractivity contribution in [3.8, 4) is 0 Å². The van der Waals surface area contributed by atoms with E-state index in [0.29, 0.717) is 18.0 Å². The molecule has 1 aliphatic rings. The summed E-state index contributed by atoms with van der Waals surface area (Å²) in [7, 11) is -3.31. The summed E-state index contributed by atoms with van der Waals surface area (Å²) in [5.74, 6) is 0. The normalized spacial score (nSPS) is 18.1. The molecule has 0 saturated heterocycles. The molecule has 0 atom stereocenters. The Labute approximate surface area is 96.4 Å². The molecule has 0 fully saturated rings. The van der Waals surface area contributed by atoms with Gasteiger partial charge in [0.2, 0.25) is 10.0 Å². The highest BCUT2D eigenvalue weighted by Crippen LogP contribution is 2.23. The molecule has 0 radical (unpaired) electrons. The zero-order chi connectivity index (χ0) is 11.8. The molecule has 0 amide bonds. The number of sulfonamides is 1. The Kier molecular flexibility index (Phi) is 2.86. The van der Waals surface area contributed by atoms with Gasteiger partial charge in [0.05, 0.1) is 4.90 Å². The molecule has 16 heavy (non-hydrogen) atoms. The highest BCUT2D eigenvalue weighted by molar-refractivity contribution is 7.89. The van der Waals surface area contributed by atoms with E-state index in [1.807, 2.05) is 19.9 Å². The van der Waals surface area contributed by atoms with Crippen LogP contribution in [0.1, 0.15) is 13.8 Å². The second-order valence-electron chi connectivity index (χ2n) is 4.15. The Bertz CT molecular complexity index is 503. The second-order valence-corrected chi connectivity index (χ2v) is 6.08.